The van der Waals surface area contributed by atoms with Crippen molar-refractivity contribution in [1.82, 2.24) is 14.7 Å². The predicted molar refractivity (Wildman–Crippen MR) is 120 cm³/mol. The third-order valence-electron chi connectivity index (χ3n) is 6.32. The van der Waals surface area contributed by atoms with Crippen LogP contribution in [0.4, 0.5) is 11.5 Å². The van der Waals surface area contributed by atoms with E-state index >= 15 is 0 Å². The highest BCUT2D eigenvalue weighted by Crippen LogP contribution is 2.29. The van der Waals surface area contributed by atoms with Crippen molar-refractivity contribution < 1.29 is 14.3 Å². The summed E-state index contributed by atoms with van der Waals surface area (Å²) in [5, 5.41) is 7.33. The van der Waals surface area contributed by atoms with Gasteiger partial charge in [0.2, 0.25) is 5.91 Å². The summed E-state index contributed by atoms with van der Waals surface area (Å²) in [6.45, 7) is 2.67. The summed E-state index contributed by atoms with van der Waals surface area (Å²) in [4.78, 5) is 29.6. The zero-order valence-electron chi connectivity index (χ0n) is 18.3. The molecule has 2 aromatic rings. The van der Waals surface area contributed by atoms with Gasteiger partial charge in [-0.15, -0.1) is 0 Å². The second kappa shape index (κ2) is 9.41. The van der Waals surface area contributed by atoms with Gasteiger partial charge in [-0.1, -0.05) is 31.4 Å². The molecule has 0 atom stereocenters. The van der Waals surface area contributed by atoms with Gasteiger partial charge in [-0.25, -0.2) is 0 Å². The quantitative estimate of drug-likeness (QED) is 0.797. The molecular weight excluding hydrogens is 394 g/mol. The van der Waals surface area contributed by atoms with E-state index in [1.807, 2.05) is 29.2 Å². The molecule has 2 fully saturated rings. The van der Waals surface area contributed by atoms with E-state index < -0.39 is 0 Å². The first-order valence-electron chi connectivity index (χ1n) is 11.1. The summed E-state index contributed by atoms with van der Waals surface area (Å²) < 4.78 is 7.05. The van der Waals surface area contributed by atoms with Gasteiger partial charge in [0.25, 0.3) is 5.91 Å². The van der Waals surface area contributed by atoms with Crippen LogP contribution in [0.2, 0.25) is 0 Å². The molecule has 0 spiro atoms. The molecule has 0 bridgehead atoms. The summed E-state index contributed by atoms with van der Waals surface area (Å²) in [6, 6.07) is 9.62. The fourth-order valence-corrected chi connectivity index (χ4v) is 4.49. The standard InChI is InChI=1S/C23H31N5O3/c1-26-21(24-22(29)17-8-4-3-5-9-17)16-18(25-26)23(30)28-14-12-27(13-15-28)19-10-6-7-11-20(19)31-2/h6-7,10-11,16-17H,3-5,8-9,12-15H2,1-2H3,(H,24,29). The van der Waals surface area contributed by atoms with Gasteiger partial charge in [0.15, 0.2) is 5.69 Å². The largest absolute Gasteiger partial charge is 0.495 e. The average molecular weight is 426 g/mol. The highest BCUT2D eigenvalue weighted by molar-refractivity contribution is 5.96. The Hall–Kier alpha value is -3.03. The van der Waals surface area contributed by atoms with Crippen LogP contribution in [0.25, 0.3) is 0 Å². The molecule has 8 heteroatoms. The number of aryl methyl sites for hydroxylation is 1. The molecule has 8 nitrogen and oxygen atoms in total. The van der Waals surface area contributed by atoms with E-state index in [9.17, 15) is 9.59 Å². The molecule has 0 radical (unpaired) electrons. The van der Waals surface area contributed by atoms with Crippen LogP contribution in [-0.2, 0) is 11.8 Å². The van der Waals surface area contributed by atoms with Gasteiger partial charge in [0.05, 0.1) is 12.8 Å². The number of carbonyl (C=O) groups excluding carboxylic acids is 2. The molecule has 1 saturated heterocycles. The Kier molecular flexibility index (Phi) is 6.44. The zero-order chi connectivity index (χ0) is 21.8. The van der Waals surface area contributed by atoms with Gasteiger partial charge >= 0.3 is 0 Å². The number of anilines is 2. The normalized spacial score (nSPS) is 17.5. The Balaban J connectivity index is 1.37. The van der Waals surface area contributed by atoms with E-state index in [0.717, 1.165) is 50.2 Å². The van der Waals surface area contributed by atoms with Crippen molar-refractivity contribution in [1.29, 1.82) is 0 Å². The van der Waals surface area contributed by atoms with Crippen molar-refractivity contribution in [3.05, 3.63) is 36.0 Å². The highest BCUT2D eigenvalue weighted by atomic mass is 16.5. The maximum absolute atomic E-state index is 13.0. The van der Waals surface area contributed by atoms with E-state index in [1.54, 1.807) is 24.9 Å². The van der Waals surface area contributed by atoms with Crippen molar-refractivity contribution in [2.75, 3.05) is 43.5 Å². The zero-order valence-corrected chi connectivity index (χ0v) is 18.3. The number of methoxy groups -OCH3 is 1. The second-order valence-corrected chi connectivity index (χ2v) is 8.31. The third kappa shape index (κ3) is 4.68. The number of hydrogen-bond acceptors (Lipinski definition) is 5. The second-order valence-electron chi connectivity index (χ2n) is 8.31. The molecule has 2 heterocycles. The van der Waals surface area contributed by atoms with Crippen LogP contribution < -0.4 is 15.0 Å². The number of amides is 2. The lowest BCUT2D eigenvalue weighted by Gasteiger charge is -2.36. The van der Waals surface area contributed by atoms with Crippen molar-refractivity contribution >= 4 is 23.3 Å². The molecule has 1 N–H and O–H groups in total. The molecule has 1 aliphatic carbocycles. The number of aromatic nitrogens is 2. The number of piperazine rings is 1. The topological polar surface area (TPSA) is 79.7 Å². The highest BCUT2D eigenvalue weighted by Gasteiger charge is 2.27. The lowest BCUT2D eigenvalue weighted by molar-refractivity contribution is -0.120. The van der Waals surface area contributed by atoms with E-state index in [4.69, 9.17) is 4.74 Å². The number of para-hydroxylation sites is 2. The minimum atomic E-state index is -0.103. The molecular formula is C23H31N5O3. The minimum Gasteiger partial charge on any atom is -0.495 e. The number of benzene rings is 1. The summed E-state index contributed by atoms with van der Waals surface area (Å²) in [5.41, 5.74) is 1.41. The van der Waals surface area contributed by atoms with E-state index in [-0.39, 0.29) is 17.7 Å². The summed E-state index contributed by atoms with van der Waals surface area (Å²) >= 11 is 0. The monoisotopic (exact) mass is 425 g/mol. The van der Waals surface area contributed by atoms with Crippen LogP contribution in [0.15, 0.2) is 30.3 Å². The molecule has 1 aromatic heterocycles. The fourth-order valence-electron chi connectivity index (χ4n) is 4.49. The molecule has 4 rings (SSSR count). The van der Waals surface area contributed by atoms with Crippen molar-refractivity contribution in [3.63, 3.8) is 0 Å². The molecule has 2 aliphatic rings. The third-order valence-corrected chi connectivity index (χ3v) is 6.32. The minimum absolute atomic E-state index is 0.0344. The van der Waals surface area contributed by atoms with Gasteiger partial charge in [-0.05, 0) is 25.0 Å². The predicted octanol–water partition coefficient (Wildman–Crippen LogP) is 2.91. The smallest absolute Gasteiger partial charge is 0.274 e. The van der Waals surface area contributed by atoms with Gasteiger partial charge in [0, 0.05) is 45.2 Å². The molecule has 1 aromatic carbocycles. The van der Waals surface area contributed by atoms with Crippen molar-refractivity contribution in [2.45, 2.75) is 32.1 Å². The van der Waals surface area contributed by atoms with E-state index in [0.29, 0.717) is 24.6 Å². The number of nitrogens with one attached hydrogen (secondary N) is 1. The van der Waals surface area contributed by atoms with Gasteiger partial charge in [-0.2, -0.15) is 5.10 Å². The fraction of sp³-hybridized carbons (Fsp3) is 0.522. The SMILES string of the molecule is COc1ccccc1N1CCN(C(=O)c2cc(NC(=O)C3CCCCC3)n(C)n2)CC1. The van der Waals surface area contributed by atoms with Gasteiger partial charge < -0.3 is 19.9 Å². The maximum Gasteiger partial charge on any atom is 0.274 e. The number of hydrogen-bond donors (Lipinski definition) is 1. The Morgan fingerprint density at radius 3 is 2.48 bits per heavy atom. The molecule has 2 amide bonds. The summed E-state index contributed by atoms with van der Waals surface area (Å²) in [7, 11) is 3.43. The lowest BCUT2D eigenvalue weighted by atomic mass is 9.89. The first-order chi connectivity index (χ1) is 15.1. The van der Waals surface area contributed by atoms with Crippen molar-refractivity contribution in [2.24, 2.45) is 13.0 Å². The van der Waals surface area contributed by atoms with Crippen LogP contribution in [-0.4, -0.2) is 59.8 Å². The average Bonchev–Trinajstić information content (AvgIpc) is 3.19. The van der Waals surface area contributed by atoms with Crippen LogP contribution in [0.3, 0.4) is 0 Å². The lowest BCUT2D eigenvalue weighted by Crippen LogP contribution is -2.49. The Bertz CT molecular complexity index is 927. The molecule has 31 heavy (non-hydrogen) atoms. The number of rotatable bonds is 5. The van der Waals surface area contributed by atoms with E-state index in [2.05, 4.69) is 15.3 Å². The van der Waals surface area contributed by atoms with Crippen LogP contribution >= 0.6 is 0 Å². The summed E-state index contributed by atoms with van der Waals surface area (Å²) in [6.07, 6.45) is 5.29. The molecule has 166 valence electrons. The number of carbonyl (C=O) groups is 2. The molecule has 1 aliphatic heterocycles. The first kappa shape index (κ1) is 21.2. The Morgan fingerprint density at radius 1 is 1.06 bits per heavy atom. The Morgan fingerprint density at radius 2 is 1.77 bits per heavy atom. The van der Waals surface area contributed by atoms with Crippen LogP contribution in [0.5, 0.6) is 5.75 Å². The number of nitrogens with zero attached hydrogens (tertiary/aromatic N) is 4. The van der Waals surface area contributed by atoms with Gasteiger partial charge in [0.1, 0.15) is 11.6 Å². The molecule has 0 unspecified atom stereocenters. The Labute approximate surface area is 183 Å². The maximum atomic E-state index is 13.0. The molecule has 1 saturated carbocycles. The summed E-state index contributed by atoms with van der Waals surface area (Å²) in [5.74, 6) is 1.41. The van der Waals surface area contributed by atoms with E-state index in [1.165, 1.54) is 6.42 Å². The first-order valence-corrected chi connectivity index (χ1v) is 11.1. The van der Waals surface area contributed by atoms with Crippen LogP contribution in [0.1, 0.15) is 42.6 Å². The van der Waals surface area contributed by atoms with Crippen LogP contribution in [0, 0.1) is 5.92 Å². The number of ether oxygens (including phenoxy) is 1. The van der Waals surface area contributed by atoms with Crippen molar-refractivity contribution in [3.8, 4) is 5.75 Å². The van der Waals surface area contributed by atoms with Gasteiger partial charge in [-0.3, -0.25) is 14.3 Å².